The van der Waals surface area contributed by atoms with Gasteiger partial charge in [-0.15, -0.1) is 0 Å². The molecular formula is C68H64Cl4N12O4. The Bertz CT molecular complexity index is 3490. The molecule has 0 unspecified atom stereocenters. The maximum Gasteiger partial charge on any atom is 0.127 e. The highest BCUT2D eigenvalue weighted by molar-refractivity contribution is 6.31. The molecule has 4 aromatic heterocycles. The maximum atomic E-state index is 11.0. The first-order valence-electron chi connectivity index (χ1n) is 27.7. The van der Waals surface area contributed by atoms with Crippen molar-refractivity contribution in [3.05, 3.63) is 308 Å². The molecule has 448 valence electrons. The maximum absolute atomic E-state index is 11.0. The van der Waals surface area contributed by atoms with Crippen LogP contribution in [0, 0.1) is 0 Å². The van der Waals surface area contributed by atoms with Gasteiger partial charge < -0.3 is 43.4 Å². The van der Waals surface area contributed by atoms with Crippen molar-refractivity contribution in [1.82, 2.24) is 40.8 Å². The minimum Gasteiger partial charge on any atom is -0.379 e. The summed E-state index contributed by atoms with van der Waals surface area (Å²) in [5.41, 5.74) is 32.3. The summed E-state index contributed by atoms with van der Waals surface area (Å²) in [5, 5.41) is 73.3. The summed E-state index contributed by atoms with van der Waals surface area (Å²) in [7, 11) is 0. The van der Waals surface area contributed by atoms with E-state index in [1.165, 1.54) is 0 Å². The minimum absolute atomic E-state index is 0.0830. The molecule has 0 aliphatic rings. The van der Waals surface area contributed by atoms with Crippen molar-refractivity contribution in [3.8, 4) is 44.5 Å². The standard InChI is InChI=1S/4C17H16ClN3O/c4*18-16-7-5-15(6-8-16)17(22,11-19)14-3-1-12(2-4-14)13-9-20-21-10-13/h4*1-10,22H,11,19H2,(H,20,21)/t4*17-/m0000/s1. The summed E-state index contributed by atoms with van der Waals surface area (Å²) in [4.78, 5) is 0. The molecule has 0 spiro atoms. The second-order valence-corrected chi connectivity index (χ2v) is 22.3. The minimum atomic E-state index is -1.24. The zero-order valence-corrected chi connectivity index (χ0v) is 50.3. The summed E-state index contributed by atoms with van der Waals surface area (Å²) in [6.45, 7) is 0.332. The molecule has 4 atom stereocenters. The Morgan fingerprint density at radius 3 is 0.523 bits per heavy atom. The van der Waals surface area contributed by atoms with E-state index in [2.05, 4.69) is 40.8 Å². The van der Waals surface area contributed by atoms with E-state index in [0.717, 1.165) is 89.0 Å². The van der Waals surface area contributed by atoms with E-state index in [0.29, 0.717) is 20.1 Å². The molecule has 8 aromatic carbocycles. The van der Waals surface area contributed by atoms with Gasteiger partial charge in [0, 0.05) is 93.3 Å². The number of halogens is 4. The molecule has 0 amide bonds. The number of rotatable bonds is 16. The van der Waals surface area contributed by atoms with Gasteiger partial charge in [0.05, 0.1) is 24.8 Å². The van der Waals surface area contributed by atoms with Crippen molar-refractivity contribution in [1.29, 1.82) is 0 Å². The van der Waals surface area contributed by atoms with Gasteiger partial charge in [0.1, 0.15) is 22.4 Å². The van der Waals surface area contributed by atoms with Crippen molar-refractivity contribution < 1.29 is 20.4 Å². The lowest BCUT2D eigenvalue weighted by Crippen LogP contribution is -2.36. The topological polar surface area (TPSA) is 300 Å². The Hall–Kier alpha value is -8.56. The molecule has 0 radical (unpaired) electrons. The van der Waals surface area contributed by atoms with Gasteiger partial charge in [-0.2, -0.15) is 20.4 Å². The normalized spacial score (nSPS) is 13.8. The summed E-state index contributed by atoms with van der Waals surface area (Å²) in [6.07, 6.45) is 14.3. The number of benzene rings is 8. The number of nitrogens with two attached hydrogens (primary N) is 4. The summed E-state index contributed by atoms with van der Waals surface area (Å²) >= 11 is 23.6. The van der Waals surface area contributed by atoms with E-state index < -0.39 is 22.4 Å². The van der Waals surface area contributed by atoms with E-state index in [-0.39, 0.29) is 26.2 Å². The SMILES string of the molecule is NC[C@@](O)(c1ccc(Cl)cc1)c1ccc(-c2cn[nH]c2)cc1.NC[C@@](O)(c1ccc(Cl)cc1)c1ccc(-c2cn[nH]c2)cc1.NC[C@@](O)(c1ccc(Cl)cc1)c1ccc(-c2cn[nH]c2)cc1.NC[C@@](O)(c1ccc(Cl)cc1)c1ccc(-c2cn[nH]c2)cc1. The average Bonchev–Trinajstić information content (AvgIpc) is 3.29. The number of hydrogen-bond acceptors (Lipinski definition) is 12. The molecule has 88 heavy (non-hydrogen) atoms. The van der Waals surface area contributed by atoms with Crippen LogP contribution < -0.4 is 22.9 Å². The van der Waals surface area contributed by atoms with Crippen LogP contribution in [0.1, 0.15) is 44.5 Å². The first-order chi connectivity index (χ1) is 42.5. The van der Waals surface area contributed by atoms with Gasteiger partial charge in [-0.05, 0) is 115 Å². The molecule has 4 heterocycles. The molecule has 16 N–H and O–H groups in total. The van der Waals surface area contributed by atoms with Gasteiger partial charge >= 0.3 is 0 Å². The molecule has 0 bridgehead atoms. The fourth-order valence-corrected chi connectivity index (χ4v) is 10.4. The third-order valence-corrected chi connectivity index (χ3v) is 16.3. The molecule has 0 saturated carbocycles. The fourth-order valence-electron chi connectivity index (χ4n) is 9.90. The van der Waals surface area contributed by atoms with Crippen molar-refractivity contribution >= 4 is 46.4 Å². The van der Waals surface area contributed by atoms with Crippen LogP contribution in [0.4, 0.5) is 0 Å². The fraction of sp³-hybridized carbons (Fsp3) is 0.118. The monoisotopic (exact) mass is 1250 g/mol. The highest BCUT2D eigenvalue weighted by atomic mass is 35.5. The first-order valence-corrected chi connectivity index (χ1v) is 29.2. The van der Waals surface area contributed by atoms with Gasteiger partial charge in [-0.3, -0.25) is 20.4 Å². The van der Waals surface area contributed by atoms with Gasteiger partial charge in [0.15, 0.2) is 0 Å². The average molecular weight is 1260 g/mol. The third kappa shape index (κ3) is 14.7. The van der Waals surface area contributed by atoms with Crippen LogP contribution in [0.25, 0.3) is 44.5 Å². The Labute approximate surface area is 528 Å². The van der Waals surface area contributed by atoms with Crippen LogP contribution in [0.15, 0.2) is 244 Å². The highest BCUT2D eigenvalue weighted by Gasteiger charge is 2.33. The van der Waals surface area contributed by atoms with Crippen LogP contribution in [-0.4, -0.2) is 87.4 Å². The molecule has 0 fully saturated rings. The lowest BCUT2D eigenvalue weighted by Gasteiger charge is -2.28. The Balaban J connectivity index is 0.000000140. The van der Waals surface area contributed by atoms with Crippen LogP contribution in [0.5, 0.6) is 0 Å². The molecule has 0 saturated heterocycles. The van der Waals surface area contributed by atoms with Crippen LogP contribution in [-0.2, 0) is 22.4 Å². The van der Waals surface area contributed by atoms with E-state index >= 15 is 0 Å². The van der Waals surface area contributed by atoms with Crippen molar-refractivity contribution in [3.63, 3.8) is 0 Å². The number of nitrogens with zero attached hydrogens (tertiary/aromatic N) is 4. The zero-order valence-electron chi connectivity index (χ0n) is 47.3. The third-order valence-electron chi connectivity index (χ3n) is 15.2. The van der Waals surface area contributed by atoms with Crippen molar-refractivity contribution in [2.24, 2.45) is 22.9 Å². The number of aromatic nitrogens is 8. The lowest BCUT2D eigenvalue weighted by atomic mass is 9.86. The predicted molar refractivity (Wildman–Crippen MR) is 350 cm³/mol. The van der Waals surface area contributed by atoms with Crippen molar-refractivity contribution in [2.45, 2.75) is 22.4 Å². The van der Waals surface area contributed by atoms with Crippen LogP contribution in [0.2, 0.25) is 20.1 Å². The molecule has 12 aromatic rings. The molecule has 20 heteroatoms. The zero-order chi connectivity index (χ0) is 62.3. The lowest BCUT2D eigenvalue weighted by molar-refractivity contribution is 0.0899. The Kier molecular flexibility index (Phi) is 21.0. The molecule has 12 rings (SSSR count). The second-order valence-electron chi connectivity index (χ2n) is 20.5. The van der Waals surface area contributed by atoms with Gasteiger partial charge in [0.25, 0.3) is 0 Å². The number of aromatic amines is 4. The smallest absolute Gasteiger partial charge is 0.127 e. The highest BCUT2D eigenvalue weighted by Crippen LogP contribution is 2.36. The Morgan fingerprint density at radius 2 is 0.398 bits per heavy atom. The van der Waals surface area contributed by atoms with E-state index in [4.69, 9.17) is 69.3 Å². The molecule has 0 aliphatic carbocycles. The summed E-state index contributed by atoms with van der Waals surface area (Å²) in [6, 6.07) is 58.9. The first kappa shape index (κ1) is 63.9. The Morgan fingerprint density at radius 1 is 0.250 bits per heavy atom. The molecule has 0 aliphatic heterocycles. The number of H-pyrrole nitrogens is 4. The van der Waals surface area contributed by atoms with Crippen LogP contribution in [0.3, 0.4) is 0 Å². The van der Waals surface area contributed by atoms with Gasteiger partial charge in [-0.25, -0.2) is 0 Å². The predicted octanol–water partition coefficient (Wildman–Crippen LogP) is 11.7. The molecular weight excluding hydrogens is 1190 g/mol. The van der Waals surface area contributed by atoms with E-state index in [1.807, 2.05) is 122 Å². The van der Waals surface area contributed by atoms with Gasteiger partial charge in [0.2, 0.25) is 0 Å². The molecule has 16 nitrogen and oxygen atoms in total. The quantitative estimate of drug-likeness (QED) is 0.0430. The van der Waals surface area contributed by atoms with Crippen LogP contribution >= 0.6 is 46.4 Å². The van der Waals surface area contributed by atoms with Gasteiger partial charge in [-0.1, -0.05) is 192 Å². The second kappa shape index (κ2) is 29.0. The largest absolute Gasteiger partial charge is 0.379 e. The van der Waals surface area contributed by atoms with E-state index in [1.54, 1.807) is 122 Å². The summed E-state index contributed by atoms with van der Waals surface area (Å²) in [5.74, 6) is 0. The van der Waals surface area contributed by atoms with Crippen molar-refractivity contribution in [2.75, 3.05) is 26.2 Å². The number of nitrogens with one attached hydrogen (secondary N) is 4. The summed E-state index contributed by atoms with van der Waals surface area (Å²) < 4.78 is 0. The number of hydrogen-bond donors (Lipinski definition) is 12. The number of aliphatic hydroxyl groups is 4. The van der Waals surface area contributed by atoms with E-state index in [9.17, 15) is 20.4 Å².